The van der Waals surface area contributed by atoms with E-state index in [9.17, 15) is 0 Å². The molecule has 4 heterocycles. The number of rotatable bonds is 3. The molecule has 4 nitrogen and oxygen atoms in total. The van der Waals surface area contributed by atoms with E-state index in [1.54, 1.807) is 11.3 Å². The molecule has 45 heavy (non-hydrogen) atoms. The molecule has 0 aliphatic heterocycles. The first-order valence-electron chi connectivity index (χ1n) is 15.1. The van der Waals surface area contributed by atoms with E-state index in [2.05, 4.69) is 155 Å². The van der Waals surface area contributed by atoms with Gasteiger partial charge in [0.2, 0.25) is 5.95 Å². The summed E-state index contributed by atoms with van der Waals surface area (Å²) in [6, 6.07) is 51.6. The zero-order valence-electron chi connectivity index (χ0n) is 24.1. The van der Waals surface area contributed by atoms with Crippen LogP contribution in [0.3, 0.4) is 0 Å². The second-order valence-electron chi connectivity index (χ2n) is 11.4. The third-order valence-electron chi connectivity index (χ3n) is 8.94. The van der Waals surface area contributed by atoms with Crippen LogP contribution in [0.25, 0.3) is 86.8 Å². The lowest BCUT2D eigenvalue weighted by atomic mass is 10.1. The Kier molecular flexibility index (Phi) is 5.12. The lowest BCUT2D eigenvalue weighted by Gasteiger charge is -2.10. The lowest BCUT2D eigenvalue weighted by Crippen LogP contribution is -2.02. The van der Waals surface area contributed by atoms with Gasteiger partial charge in [-0.25, -0.2) is 9.97 Å². The van der Waals surface area contributed by atoms with Crippen molar-refractivity contribution in [1.82, 2.24) is 19.1 Å². The average Bonchev–Trinajstić information content (AvgIpc) is 3.76. The van der Waals surface area contributed by atoms with Crippen LogP contribution >= 0.6 is 11.3 Å². The van der Waals surface area contributed by atoms with E-state index in [4.69, 9.17) is 9.97 Å². The normalized spacial score (nSPS) is 12.0. The zero-order chi connectivity index (χ0) is 29.5. The Bertz CT molecular complexity index is 2750. The molecule has 0 radical (unpaired) electrons. The number of aromatic nitrogens is 4. The monoisotopic (exact) mass is 592 g/mol. The van der Waals surface area contributed by atoms with Crippen molar-refractivity contribution in [3.8, 4) is 22.9 Å². The summed E-state index contributed by atoms with van der Waals surface area (Å²) in [7, 11) is 0. The van der Waals surface area contributed by atoms with Crippen molar-refractivity contribution in [3.63, 3.8) is 0 Å². The van der Waals surface area contributed by atoms with Gasteiger partial charge in [0.1, 0.15) is 0 Å². The first-order valence-corrected chi connectivity index (χ1v) is 15.9. The highest BCUT2D eigenvalue weighted by Gasteiger charge is 2.23. The Labute approximate surface area is 262 Å². The fraction of sp³-hybridized carbons (Fsp3) is 0. The zero-order valence-corrected chi connectivity index (χ0v) is 24.9. The third kappa shape index (κ3) is 3.47. The van der Waals surface area contributed by atoms with E-state index >= 15 is 0 Å². The van der Waals surface area contributed by atoms with Crippen LogP contribution in [0.2, 0.25) is 0 Å². The Morgan fingerprint density at radius 2 is 1.00 bits per heavy atom. The summed E-state index contributed by atoms with van der Waals surface area (Å²) in [4.78, 5) is 10.7. The van der Waals surface area contributed by atoms with Gasteiger partial charge in [0.15, 0.2) is 0 Å². The van der Waals surface area contributed by atoms with Crippen molar-refractivity contribution in [2.24, 2.45) is 0 Å². The molecule has 0 aliphatic rings. The summed E-state index contributed by atoms with van der Waals surface area (Å²) >= 11 is 1.76. The van der Waals surface area contributed by atoms with Crippen LogP contribution in [0, 0.1) is 0 Å². The van der Waals surface area contributed by atoms with Gasteiger partial charge in [-0.3, -0.25) is 4.57 Å². The molecule has 10 aromatic rings. The first-order chi connectivity index (χ1) is 22.3. The van der Waals surface area contributed by atoms with Gasteiger partial charge in [0.05, 0.1) is 38.0 Å². The predicted molar refractivity (Wildman–Crippen MR) is 189 cm³/mol. The highest BCUT2D eigenvalue weighted by molar-refractivity contribution is 7.26. The topological polar surface area (TPSA) is 35.6 Å². The molecule has 0 aliphatic carbocycles. The Morgan fingerprint density at radius 3 is 1.71 bits per heavy atom. The SMILES string of the molecule is c1ccc(-c2nc(-n3c4ccccc4c4c5c6ccccc6n(-c6ccccc6)c5ccc43)nc3c2sc2ccccc23)cc1. The molecule has 210 valence electrons. The van der Waals surface area contributed by atoms with Crippen LogP contribution in [0.15, 0.2) is 146 Å². The van der Waals surface area contributed by atoms with Crippen LogP contribution in [0.5, 0.6) is 0 Å². The molecule has 0 saturated heterocycles. The van der Waals surface area contributed by atoms with Crippen LogP contribution in [-0.2, 0) is 0 Å². The maximum Gasteiger partial charge on any atom is 0.235 e. The van der Waals surface area contributed by atoms with Crippen LogP contribution < -0.4 is 0 Å². The summed E-state index contributed by atoms with van der Waals surface area (Å²) in [5.74, 6) is 0.683. The molecular weight excluding hydrogens is 569 g/mol. The van der Waals surface area contributed by atoms with Crippen molar-refractivity contribution in [2.75, 3.05) is 0 Å². The molecule has 0 bridgehead atoms. The van der Waals surface area contributed by atoms with Gasteiger partial charge in [-0.2, -0.15) is 0 Å². The van der Waals surface area contributed by atoms with Crippen molar-refractivity contribution in [2.45, 2.75) is 0 Å². The van der Waals surface area contributed by atoms with E-state index in [0.29, 0.717) is 5.95 Å². The minimum Gasteiger partial charge on any atom is -0.309 e. The van der Waals surface area contributed by atoms with E-state index in [-0.39, 0.29) is 0 Å². The smallest absolute Gasteiger partial charge is 0.235 e. The van der Waals surface area contributed by atoms with Crippen molar-refractivity contribution in [3.05, 3.63) is 146 Å². The van der Waals surface area contributed by atoms with E-state index in [1.807, 2.05) is 0 Å². The molecule has 0 saturated carbocycles. The summed E-state index contributed by atoms with van der Waals surface area (Å²) in [5, 5.41) is 6.04. The van der Waals surface area contributed by atoms with Crippen molar-refractivity contribution in [1.29, 1.82) is 0 Å². The molecule has 0 atom stereocenters. The maximum atomic E-state index is 5.36. The quantitative estimate of drug-likeness (QED) is 0.205. The molecular formula is C40H24N4S. The number of fused-ring (bicyclic) bond motifs is 10. The molecule has 6 aromatic carbocycles. The van der Waals surface area contributed by atoms with Gasteiger partial charge < -0.3 is 4.57 Å². The molecule has 5 heteroatoms. The summed E-state index contributed by atoms with van der Waals surface area (Å²) in [6.07, 6.45) is 0. The fourth-order valence-electron chi connectivity index (χ4n) is 7.06. The van der Waals surface area contributed by atoms with E-state index in [1.165, 1.54) is 37.3 Å². The Balaban J connectivity index is 1.37. The highest BCUT2D eigenvalue weighted by Crippen LogP contribution is 2.43. The fourth-order valence-corrected chi connectivity index (χ4v) is 8.21. The second-order valence-corrected chi connectivity index (χ2v) is 12.5. The van der Waals surface area contributed by atoms with Crippen LogP contribution in [-0.4, -0.2) is 19.1 Å². The molecule has 0 fully saturated rings. The number of benzene rings is 6. The van der Waals surface area contributed by atoms with E-state index in [0.717, 1.165) is 43.6 Å². The van der Waals surface area contributed by atoms with Crippen molar-refractivity contribution < 1.29 is 0 Å². The van der Waals surface area contributed by atoms with Gasteiger partial charge in [0.25, 0.3) is 0 Å². The van der Waals surface area contributed by atoms with Crippen LogP contribution in [0.1, 0.15) is 0 Å². The van der Waals surface area contributed by atoms with Crippen molar-refractivity contribution >= 4 is 75.3 Å². The minimum atomic E-state index is 0.683. The second kappa shape index (κ2) is 9.36. The number of thiophene rings is 1. The average molecular weight is 593 g/mol. The Morgan fingerprint density at radius 1 is 0.444 bits per heavy atom. The standard InChI is InChI=1S/C40H24N4S/c1-3-13-25(14-4-1)37-39-38(29-19-9-12-22-34(29)45-39)42-40(41-37)44-31-21-11-8-18-28(31)36-33(44)24-23-32-35(36)27-17-7-10-20-30(27)43(32)26-15-5-2-6-16-26/h1-24H. The van der Waals surface area contributed by atoms with Gasteiger partial charge in [-0.05, 0) is 42.5 Å². The molecule has 4 aromatic heterocycles. The molecule has 0 amide bonds. The van der Waals surface area contributed by atoms with Gasteiger partial charge >= 0.3 is 0 Å². The number of para-hydroxylation sites is 3. The first kappa shape index (κ1) is 24.6. The van der Waals surface area contributed by atoms with E-state index < -0.39 is 0 Å². The number of hydrogen-bond acceptors (Lipinski definition) is 3. The van der Waals surface area contributed by atoms with Gasteiger partial charge in [-0.15, -0.1) is 11.3 Å². The summed E-state index contributed by atoms with van der Waals surface area (Å²) < 4.78 is 6.97. The predicted octanol–water partition coefficient (Wildman–Crippen LogP) is 10.7. The third-order valence-corrected chi connectivity index (χ3v) is 10.1. The molecule has 0 unspecified atom stereocenters. The number of nitrogens with zero attached hydrogens (tertiary/aromatic N) is 4. The maximum absolute atomic E-state index is 5.36. The number of hydrogen-bond donors (Lipinski definition) is 0. The Hall–Kier alpha value is -5.78. The largest absolute Gasteiger partial charge is 0.309 e. The van der Waals surface area contributed by atoms with Gasteiger partial charge in [-0.1, -0.05) is 103 Å². The summed E-state index contributed by atoms with van der Waals surface area (Å²) in [6.45, 7) is 0. The van der Waals surface area contributed by atoms with Gasteiger partial charge in [0, 0.05) is 42.9 Å². The molecule has 0 N–H and O–H groups in total. The minimum absolute atomic E-state index is 0.683. The summed E-state index contributed by atoms with van der Waals surface area (Å²) in [5.41, 5.74) is 8.76. The highest BCUT2D eigenvalue weighted by atomic mass is 32.1. The molecule has 0 spiro atoms. The van der Waals surface area contributed by atoms with Crippen LogP contribution in [0.4, 0.5) is 0 Å². The molecule has 10 rings (SSSR count). The lowest BCUT2D eigenvalue weighted by molar-refractivity contribution is 1.02.